The van der Waals surface area contributed by atoms with Gasteiger partial charge in [0, 0.05) is 24.5 Å². The maximum absolute atomic E-state index is 11.7. The number of carbonyl (C=O) groups is 1. The van der Waals surface area contributed by atoms with Crippen LogP contribution in [0.1, 0.15) is 26.7 Å². The van der Waals surface area contributed by atoms with Crippen LogP contribution in [0.5, 0.6) is 0 Å². The highest BCUT2D eigenvalue weighted by Crippen LogP contribution is 2.13. The molecule has 0 aliphatic heterocycles. The molecule has 0 aliphatic rings. The van der Waals surface area contributed by atoms with Crippen molar-refractivity contribution in [3.05, 3.63) is 43.0 Å². The van der Waals surface area contributed by atoms with Crippen molar-refractivity contribution in [1.29, 1.82) is 0 Å². The Hall–Kier alpha value is -1.43. The lowest BCUT2D eigenvalue weighted by Gasteiger charge is -2.28. The summed E-state index contributed by atoms with van der Waals surface area (Å²) in [5, 5.41) is 0.789. The van der Waals surface area contributed by atoms with Crippen molar-refractivity contribution < 1.29 is 18.1 Å². The number of hydrogen-bond donors (Lipinski definition) is 0. The number of rotatable bonds is 9. The number of benzene rings is 1. The highest BCUT2D eigenvalue weighted by atomic mass is 28.4. The van der Waals surface area contributed by atoms with Gasteiger partial charge in [-0.2, -0.15) is 0 Å². The zero-order valence-corrected chi connectivity index (χ0v) is 13.1. The zero-order valence-electron chi connectivity index (χ0n) is 12.1. The first kappa shape index (κ1) is 16.6. The number of hydrogen-bond acceptors (Lipinski definition) is 4. The molecule has 0 atom stereocenters. The first-order chi connectivity index (χ1) is 9.68. The van der Waals surface area contributed by atoms with Gasteiger partial charge in [0.05, 0.1) is 0 Å². The molecule has 1 aromatic carbocycles. The SMILES string of the molecule is C=CC(=O)O[Si](OCCC)(OCCC)c1ccccc1. The smallest absolute Gasteiger partial charge is 0.467 e. The van der Waals surface area contributed by atoms with Crippen LogP contribution in [0.2, 0.25) is 0 Å². The first-order valence-corrected chi connectivity index (χ1v) is 8.59. The summed E-state index contributed by atoms with van der Waals surface area (Å²) in [6.07, 6.45) is 2.78. The van der Waals surface area contributed by atoms with Crippen molar-refractivity contribution in [1.82, 2.24) is 0 Å². The van der Waals surface area contributed by atoms with Gasteiger partial charge in [-0.15, -0.1) is 0 Å². The molecule has 5 heteroatoms. The van der Waals surface area contributed by atoms with Crippen LogP contribution >= 0.6 is 0 Å². The molecule has 0 spiro atoms. The minimum absolute atomic E-state index is 0.481. The van der Waals surface area contributed by atoms with Crippen molar-refractivity contribution in [2.24, 2.45) is 0 Å². The molecule has 0 radical (unpaired) electrons. The molecule has 0 saturated carbocycles. The zero-order chi connectivity index (χ0) is 14.8. The van der Waals surface area contributed by atoms with Crippen LogP contribution in [-0.4, -0.2) is 28.0 Å². The minimum atomic E-state index is -3.22. The summed E-state index contributed by atoms with van der Waals surface area (Å²) in [5.41, 5.74) is 0. The molecule has 4 nitrogen and oxygen atoms in total. The first-order valence-electron chi connectivity index (χ1n) is 6.87. The van der Waals surface area contributed by atoms with E-state index in [1.165, 1.54) is 0 Å². The second kappa shape index (κ2) is 8.68. The van der Waals surface area contributed by atoms with E-state index in [0.717, 1.165) is 24.1 Å². The van der Waals surface area contributed by atoms with Crippen LogP contribution in [-0.2, 0) is 18.1 Å². The molecular weight excluding hydrogens is 272 g/mol. The molecule has 1 rings (SSSR count). The van der Waals surface area contributed by atoms with E-state index < -0.39 is 14.8 Å². The average molecular weight is 294 g/mol. The van der Waals surface area contributed by atoms with E-state index >= 15 is 0 Å². The quantitative estimate of drug-likeness (QED) is 0.518. The molecule has 0 N–H and O–H groups in total. The van der Waals surface area contributed by atoms with Crippen LogP contribution in [0.3, 0.4) is 0 Å². The van der Waals surface area contributed by atoms with E-state index in [1.807, 2.05) is 44.2 Å². The predicted molar refractivity (Wildman–Crippen MR) is 80.6 cm³/mol. The monoisotopic (exact) mass is 294 g/mol. The molecular formula is C15H22O4Si. The van der Waals surface area contributed by atoms with Crippen LogP contribution in [0.25, 0.3) is 0 Å². The van der Waals surface area contributed by atoms with Gasteiger partial charge in [-0.05, 0) is 12.8 Å². The average Bonchev–Trinajstić information content (AvgIpc) is 2.50. The van der Waals surface area contributed by atoms with E-state index in [2.05, 4.69) is 6.58 Å². The van der Waals surface area contributed by atoms with Gasteiger partial charge in [-0.1, -0.05) is 50.8 Å². The predicted octanol–water partition coefficient (Wildman–Crippen LogP) is 2.41. The highest BCUT2D eigenvalue weighted by Gasteiger charge is 2.47. The van der Waals surface area contributed by atoms with Gasteiger partial charge >= 0.3 is 14.8 Å². The molecule has 0 bridgehead atoms. The Morgan fingerprint density at radius 2 is 1.70 bits per heavy atom. The molecule has 0 aromatic heterocycles. The summed E-state index contributed by atoms with van der Waals surface area (Å²) >= 11 is 0. The molecule has 110 valence electrons. The summed E-state index contributed by atoms with van der Waals surface area (Å²) in [6, 6.07) is 9.40. The molecule has 0 saturated heterocycles. The Bertz CT molecular complexity index is 411. The Morgan fingerprint density at radius 3 is 2.15 bits per heavy atom. The van der Waals surface area contributed by atoms with Crippen molar-refractivity contribution in [3.8, 4) is 0 Å². The van der Waals surface area contributed by atoms with E-state index in [0.29, 0.717) is 13.2 Å². The van der Waals surface area contributed by atoms with Gasteiger partial charge in [0.1, 0.15) is 0 Å². The molecule has 20 heavy (non-hydrogen) atoms. The molecule has 0 heterocycles. The van der Waals surface area contributed by atoms with E-state index in [1.54, 1.807) is 0 Å². The fraction of sp³-hybridized carbons (Fsp3) is 0.400. The second-order valence-corrected chi connectivity index (χ2v) is 6.72. The third-order valence-electron chi connectivity index (χ3n) is 2.52. The van der Waals surface area contributed by atoms with E-state index in [9.17, 15) is 4.79 Å². The van der Waals surface area contributed by atoms with Crippen molar-refractivity contribution in [2.75, 3.05) is 13.2 Å². The molecule has 0 fully saturated rings. The fourth-order valence-electron chi connectivity index (χ4n) is 1.62. The summed E-state index contributed by atoms with van der Waals surface area (Å²) in [6.45, 7) is 8.40. The molecule has 1 aromatic rings. The topological polar surface area (TPSA) is 44.8 Å². The molecule has 0 amide bonds. The van der Waals surface area contributed by atoms with Crippen LogP contribution in [0, 0.1) is 0 Å². The van der Waals surface area contributed by atoms with Crippen LogP contribution in [0.15, 0.2) is 43.0 Å². The maximum atomic E-state index is 11.7. The van der Waals surface area contributed by atoms with Gasteiger partial charge in [0.25, 0.3) is 0 Å². The van der Waals surface area contributed by atoms with Gasteiger partial charge < -0.3 is 13.3 Å². The van der Waals surface area contributed by atoms with E-state index in [4.69, 9.17) is 13.3 Å². The maximum Gasteiger partial charge on any atom is 0.604 e. The fourth-order valence-corrected chi connectivity index (χ4v) is 4.16. The molecule has 0 aliphatic carbocycles. The third kappa shape index (κ3) is 4.59. The Balaban J connectivity index is 3.09. The summed E-state index contributed by atoms with van der Waals surface area (Å²) in [7, 11) is -3.22. The third-order valence-corrected chi connectivity index (χ3v) is 5.20. The Labute approximate surface area is 121 Å². The van der Waals surface area contributed by atoms with Crippen LogP contribution < -0.4 is 5.19 Å². The lowest BCUT2D eigenvalue weighted by Crippen LogP contribution is -2.58. The lowest BCUT2D eigenvalue weighted by atomic mass is 10.4. The van der Waals surface area contributed by atoms with Gasteiger partial charge in [-0.25, -0.2) is 4.79 Å². The highest BCUT2D eigenvalue weighted by molar-refractivity contribution is 6.76. The van der Waals surface area contributed by atoms with Gasteiger partial charge in [0.15, 0.2) is 0 Å². The second-order valence-electron chi connectivity index (χ2n) is 4.24. The van der Waals surface area contributed by atoms with E-state index in [-0.39, 0.29) is 0 Å². The van der Waals surface area contributed by atoms with Crippen molar-refractivity contribution >= 4 is 20.0 Å². The van der Waals surface area contributed by atoms with Crippen LogP contribution in [0.4, 0.5) is 0 Å². The standard InChI is InChI=1S/C15H22O4Si/c1-4-12-17-20(18-13-5-2,19-15(16)6-3)14-10-8-7-9-11-14/h6-11H,3-5,12-13H2,1-2H3. The summed E-state index contributed by atoms with van der Waals surface area (Å²) in [5.74, 6) is -0.521. The Kier molecular flexibility index (Phi) is 7.21. The lowest BCUT2D eigenvalue weighted by molar-refractivity contribution is -0.133. The summed E-state index contributed by atoms with van der Waals surface area (Å²) < 4.78 is 17.2. The summed E-state index contributed by atoms with van der Waals surface area (Å²) in [4.78, 5) is 11.7. The molecule has 0 unspecified atom stereocenters. The van der Waals surface area contributed by atoms with Gasteiger partial charge in [-0.3, -0.25) is 0 Å². The van der Waals surface area contributed by atoms with Crippen molar-refractivity contribution in [2.45, 2.75) is 26.7 Å². The number of carbonyl (C=O) groups excluding carboxylic acids is 1. The van der Waals surface area contributed by atoms with Crippen molar-refractivity contribution in [3.63, 3.8) is 0 Å². The normalized spacial score (nSPS) is 11.1. The minimum Gasteiger partial charge on any atom is -0.467 e. The van der Waals surface area contributed by atoms with Gasteiger partial charge in [0.2, 0.25) is 0 Å². The largest absolute Gasteiger partial charge is 0.604 e. The Morgan fingerprint density at radius 1 is 1.15 bits per heavy atom.